The quantitative estimate of drug-likeness (QED) is 0.489. The van der Waals surface area contributed by atoms with Gasteiger partial charge in [-0.15, -0.1) is 0 Å². The molecule has 98 valence electrons. The van der Waals surface area contributed by atoms with E-state index >= 15 is 0 Å². The molecule has 1 aliphatic rings. The van der Waals surface area contributed by atoms with Crippen molar-refractivity contribution in [3.63, 3.8) is 0 Å². The van der Waals surface area contributed by atoms with Crippen LogP contribution in [0.3, 0.4) is 0 Å². The zero-order valence-corrected chi connectivity index (χ0v) is 9.47. The van der Waals surface area contributed by atoms with Crippen molar-refractivity contribution in [2.75, 3.05) is 0 Å². The second kappa shape index (κ2) is 4.96. The van der Waals surface area contributed by atoms with E-state index in [2.05, 4.69) is 9.31 Å². The van der Waals surface area contributed by atoms with Gasteiger partial charge in [0.1, 0.15) is 0 Å². The Bertz CT molecular complexity index is 447. The van der Waals surface area contributed by atoms with Crippen LogP contribution in [-0.4, -0.2) is 20.0 Å². The number of alkyl halides is 6. The predicted molar refractivity (Wildman–Crippen MR) is 47.7 cm³/mol. The first-order valence-electron chi connectivity index (χ1n) is 4.59. The molecule has 0 spiro atoms. The van der Waals surface area contributed by atoms with Crippen LogP contribution in [0.4, 0.5) is 26.3 Å². The van der Waals surface area contributed by atoms with Gasteiger partial charge in [0.25, 0.3) is 0 Å². The molecule has 0 bridgehead atoms. The minimum Gasteiger partial charge on any atom is -0.741 e. The van der Waals surface area contributed by atoms with Gasteiger partial charge in [-0.25, -0.2) is 0 Å². The maximum Gasteiger partial charge on any atom is 1.00 e. The third-order valence-corrected chi connectivity index (χ3v) is 2.46. The van der Waals surface area contributed by atoms with E-state index in [0.717, 1.165) is 12.1 Å². The van der Waals surface area contributed by atoms with E-state index in [-0.39, 0.29) is 26.5 Å². The molecule has 19 heavy (non-hydrogen) atoms. The van der Waals surface area contributed by atoms with Crippen LogP contribution in [0, 0.1) is 0 Å². The van der Waals surface area contributed by atoms with Gasteiger partial charge in [0.2, 0.25) is 5.60 Å². The van der Waals surface area contributed by atoms with Crippen LogP contribution in [0.5, 0.6) is 5.75 Å². The van der Waals surface area contributed by atoms with Gasteiger partial charge in [-0.3, -0.25) is 0 Å². The van der Waals surface area contributed by atoms with Crippen molar-refractivity contribution in [2.45, 2.75) is 18.0 Å². The van der Waals surface area contributed by atoms with E-state index in [1.807, 2.05) is 0 Å². The largest absolute Gasteiger partial charge is 1.00 e. The number of para-hydroxylation sites is 1. The predicted octanol–water partition coefficient (Wildman–Crippen LogP) is -0.0463. The van der Waals surface area contributed by atoms with E-state index in [4.69, 9.17) is 0 Å². The van der Waals surface area contributed by atoms with Crippen LogP contribution in [0.1, 0.15) is 5.56 Å². The summed E-state index contributed by atoms with van der Waals surface area (Å²) in [4.78, 5) is 0. The van der Waals surface area contributed by atoms with Crippen LogP contribution in [0.15, 0.2) is 24.3 Å². The Kier molecular flexibility index (Phi) is 4.25. The van der Waals surface area contributed by atoms with Crippen molar-refractivity contribution in [1.29, 1.82) is 0 Å². The van der Waals surface area contributed by atoms with E-state index in [9.17, 15) is 26.3 Å². The Morgan fingerprint density at radius 3 is 2.00 bits per heavy atom. The molecule has 1 aliphatic heterocycles. The van der Waals surface area contributed by atoms with Crippen LogP contribution in [0.25, 0.3) is 0 Å². The molecule has 2 radical (unpaired) electrons. The van der Waals surface area contributed by atoms with Crippen LogP contribution >= 0.6 is 0 Å². The Balaban J connectivity index is 0.00000180. The third-order valence-electron chi connectivity index (χ3n) is 2.46. The van der Waals surface area contributed by atoms with Gasteiger partial charge in [-0.2, -0.15) is 26.3 Å². The fourth-order valence-corrected chi connectivity index (χ4v) is 1.67. The number of hydrogen-bond acceptors (Lipinski definition) is 2. The molecule has 2 rings (SSSR count). The second-order valence-electron chi connectivity index (χ2n) is 3.50. The van der Waals surface area contributed by atoms with Gasteiger partial charge in [-0.1, -0.05) is 18.2 Å². The Hall–Kier alpha value is -0.778. The van der Waals surface area contributed by atoms with Crippen molar-refractivity contribution in [3.8, 4) is 5.75 Å². The third kappa shape index (κ3) is 2.35. The van der Waals surface area contributed by atoms with Crippen molar-refractivity contribution in [3.05, 3.63) is 29.8 Å². The molecular formula is C9H4BF6LiO2. The molecule has 0 aliphatic carbocycles. The zero-order chi connectivity index (χ0) is 13.6. The van der Waals surface area contributed by atoms with Gasteiger partial charge < -0.3 is 9.31 Å². The molecule has 2 nitrogen and oxygen atoms in total. The van der Waals surface area contributed by atoms with Crippen molar-refractivity contribution in [1.82, 2.24) is 0 Å². The second-order valence-corrected chi connectivity index (χ2v) is 3.50. The summed E-state index contributed by atoms with van der Waals surface area (Å²) in [5.41, 5.74) is -5.51. The summed E-state index contributed by atoms with van der Waals surface area (Å²) in [6, 6.07) is 3.97. The standard InChI is InChI=1S/C9H4BF6O2.Li/c11-8(12,13)7(9(14,15)16)5-3-1-2-4-6(5)17-10-18-7;/h1-4H;/q-1;+1. The monoisotopic (exact) mass is 276 g/mol. The van der Waals surface area contributed by atoms with Crippen LogP contribution in [-0.2, 0) is 10.3 Å². The summed E-state index contributed by atoms with van der Waals surface area (Å²) in [6.45, 7) is 0. The maximum atomic E-state index is 12.9. The maximum absolute atomic E-state index is 12.9. The molecule has 0 unspecified atom stereocenters. The van der Waals surface area contributed by atoms with E-state index in [0.29, 0.717) is 6.07 Å². The van der Waals surface area contributed by atoms with Crippen molar-refractivity contribution in [2.24, 2.45) is 0 Å². The summed E-state index contributed by atoms with van der Waals surface area (Å²) in [6.07, 6.45) is -11.3. The molecule has 0 atom stereocenters. The molecule has 0 amide bonds. The molecule has 10 heteroatoms. The zero-order valence-electron chi connectivity index (χ0n) is 9.47. The van der Waals surface area contributed by atoms with Crippen LogP contribution in [0.2, 0.25) is 0 Å². The summed E-state index contributed by atoms with van der Waals surface area (Å²) in [5.74, 6) is -0.543. The normalized spacial score (nSPS) is 18.0. The number of halogens is 6. The smallest absolute Gasteiger partial charge is 0.741 e. The molecule has 0 fully saturated rings. The molecular weight excluding hydrogens is 272 g/mol. The average Bonchev–Trinajstić information content (AvgIpc) is 2.25. The Morgan fingerprint density at radius 1 is 0.947 bits per heavy atom. The molecule has 0 aromatic heterocycles. The minimum absolute atomic E-state index is 0. The van der Waals surface area contributed by atoms with Gasteiger partial charge in [0.15, 0.2) is 0 Å². The molecule has 1 heterocycles. The summed E-state index contributed by atoms with van der Waals surface area (Å²) < 4.78 is 85.4. The molecule has 1 aromatic rings. The summed E-state index contributed by atoms with van der Waals surface area (Å²) in [7, 11) is 0.0450. The van der Waals surface area contributed by atoms with Crippen molar-refractivity contribution < 1.29 is 54.5 Å². The number of rotatable bonds is 0. The molecule has 0 saturated heterocycles. The molecule has 1 aromatic carbocycles. The van der Waals surface area contributed by atoms with Crippen molar-refractivity contribution >= 4 is 7.69 Å². The summed E-state index contributed by atoms with van der Waals surface area (Å²) in [5, 5.41) is 0. The van der Waals surface area contributed by atoms with Gasteiger partial charge in [0.05, 0.1) is 13.4 Å². The number of benzene rings is 1. The number of hydrogen-bond donors (Lipinski definition) is 0. The van der Waals surface area contributed by atoms with E-state index < -0.39 is 29.3 Å². The number of fused-ring (bicyclic) bond motifs is 1. The van der Waals surface area contributed by atoms with Gasteiger partial charge in [0, 0.05) is 5.56 Å². The summed E-state index contributed by atoms with van der Waals surface area (Å²) >= 11 is 0. The van der Waals surface area contributed by atoms with Gasteiger partial charge >= 0.3 is 31.2 Å². The molecule has 0 N–H and O–H groups in total. The Morgan fingerprint density at radius 2 is 1.47 bits per heavy atom. The fourth-order valence-electron chi connectivity index (χ4n) is 1.67. The minimum atomic E-state index is -5.67. The SMILES string of the molecule is FC(F)(F)C1(C(F)(F)F)O[B-]Oc2ccccc21.[Li+]. The van der Waals surface area contributed by atoms with Gasteiger partial charge in [-0.05, 0) is 6.07 Å². The first kappa shape index (κ1) is 16.3. The van der Waals surface area contributed by atoms with E-state index in [1.54, 1.807) is 0 Å². The Labute approximate surface area is 116 Å². The first-order chi connectivity index (χ1) is 8.20. The molecule has 0 saturated carbocycles. The fraction of sp³-hybridized carbons (Fsp3) is 0.333. The van der Waals surface area contributed by atoms with E-state index in [1.165, 1.54) is 6.07 Å². The first-order valence-corrected chi connectivity index (χ1v) is 4.59. The van der Waals surface area contributed by atoms with Crippen LogP contribution < -0.4 is 23.5 Å². The topological polar surface area (TPSA) is 18.5 Å². The average molecular weight is 276 g/mol.